The van der Waals surface area contributed by atoms with Gasteiger partial charge in [-0.2, -0.15) is 0 Å². The van der Waals surface area contributed by atoms with Crippen LogP contribution in [0.25, 0.3) is 11.0 Å². The molecule has 0 bridgehead atoms. The summed E-state index contributed by atoms with van der Waals surface area (Å²) in [5, 5.41) is 5.44. The van der Waals surface area contributed by atoms with Crippen LogP contribution in [0.1, 0.15) is 43.7 Å². The number of hydrogen-bond acceptors (Lipinski definition) is 2. The van der Waals surface area contributed by atoms with E-state index >= 15 is 0 Å². The van der Waals surface area contributed by atoms with Crippen LogP contribution in [0.4, 0.5) is 0 Å². The minimum absolute atomic E-state index is 0.246. The van der Waals surface area contributed by atoms with E-state index in [1.807, 2.05) is 13.0 Å². The summed E-state index contributed by atoms with van der Waals surface area (Å²) in [6.07, 6.45) is 0. The zero-order valence-electron chi connectivity index (χ0n) is 12.3. The third-order valence-electron chi connectivity index (χ3n) is 3.60. The summed E-state index contributed by atoms with van der Waals surface area (Å²) in [5.74, 6) is 1.48. The van der Waals surface area contributed by atoms with Crippen molar-refractivity contribution in [2.45, 2.75) is 40.7 Å². The molecule has 1 aromatic carbocycles. The van der Waals surface area contributed by atoms with E-state index in [0.29, 0.717) is 5.92 Å². The molecule has 2 aromatic rings. The second-order valence-electron chi connectivity index (χ2n) is 5.47. The van der Waals surface area contributed by atoms with Crippen LogP contribution >= 0.6 is 11.6 Å². The van der Waals surface area contributed by atoms with E-state index in [2.05, 4.69) is 39.1 Å². The molecule has 0 saturated carbocycles. The molecule has 3 heteroatoms. The number of aryl methyl sites for hydroxylation is 2. The molecule has 1 atom stereocenters. The highest BCUT2D eigenvalue weighted by Crippen LogP contribution is 2.34. The molecule has 2 nitrogen and oxygen atoms in total. The van der Waals surface area contributed by atoms with Gasteiger partial charge in [0.2, 0.25) is 0 Å². The standard InChI is InChI=1S/C16H22ClNO/c1-6-18-16(9(2)3)14-8-12-11(5)15(17)10(4)7-13(12)19-14/h7-9,16,18H,6H2,1-5H3. The highest BCUT2D eigenvalue weighted by atomic mass is 35.5. The van der Waals surface area contributed by atoms with Crippen LogP contribution in [0.15, 0.2) is 16.5 Å². The van der Waals surface area contributed by atoms with Gasteiger partial charge in [0.15, 0.2) is 0 Å². The van der Waals surface area contributed by atoms with Crippen molar-refractivity contribution in [2.75, 3.05) is 6.54 Å². The minimum atomic E-state index is 0.246. The van der Waals surface area contributed by atoms with Crippen LogP contribution in [0.3, 0.4) is 0 Å². The Bertz CT molecular complexity index is 586. The lowest BCUT2D eigenvalue weighted by atomic mass is 10.0. The summed E-state index contributed by atoms with van der Waals surface area (Å²) in [7, 11) is 0. The molecule has 1 aromatic heterocycles. The molecule has 104 valence electrons. The van der Waals surface area contributed by atoms with Gasteiger partial charge in [0.25, 0.3) is 0 Å². The number of fused-ring (bicyclic) bond motifs is 1. The Morgan fingerprint density at radius 3 is 2.53 bits per heavy atom. The molecule has 2 rings (SSSR count). The fourth-order valence-electron chi connectivity index (χ4n) is 2.54. The molecule has 0 saturated heterocycles. The molecule has 0 aliphatic heterocycles. The summed E-state index contributed by atoms with van der Waals surface area (Å²) in [4.78, 5) is 0. The van der Waals surface area contributed by atoms with Crippen LogP contribution in [-0.4, -0.2) is 6.54 Å². The van der Waals surface area contributed by atoms with Crippen molar-refractivity contribution in [2.24, 2.45) is 5.92 Å². The van der Waals surface area contributed by atoms with Crippen LogP contribution in [0.2, 0.25) is 5.02 Å². The number of hydrogen-bond donors (Lipinski definition) is 1. The number of furan rings is 1. The fraction of sp³-hybridized carbons (Fsp3) is 0.500. The molecular formula is C16H22ClNO. The lowest BCUT2D eigenvalue weighted by Crippen LogP contribution is -2.24. The topological polar surface area (TPSA) is 25.2 Å². The van der Waals surface area contributed by atoms with Crippen molar-refractivity contribution < 1.29 is 4.42 Å². The van der Waals surface area contributed by atoms with E-state index in [9.17, 15) is 0 Å². The first kappa shape index (κ1) is 14.4. The summed E-state index contributed by atoms with van der Waals surface area (Å²) in [6.45, 7) is 11.5. The molecule has 0 radical (unpaired) electrons. The van der Waals surface area contributed by atoms with Crippen molar-refractivity contribution >= 4 is 22.6 Å². The van der Waals surface area contributed by atoms with E-state index in [1.165, 1.54) is 0 Å². The molecule has 0 spiro atoms. The predicted molar refractivity (Wildman–Crippen MR) is 82.0 cm³/mol. The SMILES string of the molecule is CCNC(c1cc2c(C)c(Cl)c(C)cc2o1)C(C)C. The number of nitrogens with one attached hydrogen (secondary N) is 1. The maximum atomic E-state index is 6.31. The summed E-state index contributed by atoms with van der Waals surface area (Å²) >= 11 is 6.31. The maximum absolute atomic E-state index is 6.31. The minimum Gasteiger partial charge on any atom is -0.459 e. The van der Waals surface area contributed by atoms with E-state index in [0.717, 1.165) is 39.4 Å². The predicted octanol–water partition coefficient (Wildman–Crippen LogP) is 5.01. The van der Waals surface area contributed by atoms with Gasteiger partial charge >= 0.3 is 0 Å². The van der Waals surface area contributed by atoms with Gasteiger partial charge in [-0.15, -0.1) is 0 Å². The Kier molecular flexibility index (Phi) is 4.22. The van der Waals surface area contributed by atoms with Crippen LogP contribution in [0, 0.1) is 19.8 Å². The van der Waals surface area contributed by atoms with Crippen LogP contribution < -0.4 is 5.32 Å². The Hall–Kier alpha value is -0.990. The van der Waals surface area contributed by atoms with Crippen molar-refractivity contribution in [3.05, 3.63) is 34.0 Å². The van der Waals surface area contributed by atoms with Crippen LogP contribution in [0.5, 0.6) is 0 Å². The van der Waals surface area contributed by atoms with Gasteiger partial charge in [-0.1, -0.05) is 32.4 Å². The van der Waals surface area contributed by atoms with Gasteiger partial charge < -0.3 is 9.73 Å². The summed E-state index contributed by atoms with van der Waals surface area (Å²) < 4.78 is 6.04. The van der Waals surface area contributed by atoms with Gasteiger partial charge in [0.1, 0.15) is 11.3 Å². The average Bonchev–Trinajstić information content (AvgIpc) is 2.76. The van der Waals surface area contributed by atoms with Gasteiger partial charge in [-0.3, -0.25) is 0 Å². The van der Waals surface area contributed by atoms with E-state index < -0.39 is 0 Å². The first-order valence-corrected chi connectivity index (χ1v) is 7.26. The van der Waals surface area contributed by atoms with Crippen LogP contribution in [-0.2, 0) is 0 Å². The monoisotopic (exact) mass is 279 g/mol. The first-order chi connectivity index (χ1) is 8.95. The zero-order chi connectivity index (χ0) is 14.2. The number of halogens is 1. The van der Waals surface area contributed by atoms with Crippen molar-refractivity contribution in [1.29, 1.82) is 0 Å². The summed E-state index contributed by atoms with van der Waals surface area (Å²) in [6, 6.07) is 4.40. The van der Waals surface area contributed by atoms with Gasteiger partial charge in [0, 0.05) is 10.4 Å². The summed E-state index contributed by atoms with van der Waals surface area (Å²) in [5.41, 5.74) is 3.10. The van der Waals surface area contributed by atoms with Crippen molar-refractivity contribution in [3.63, 3.8) is 0 Å². The molecule has 1 N–H and O–H groups in total. The normalized spacial score (nSPS) is 13.4. The molecular weight excluding hydrogens is 258 g/mol. The molecule has 0 amide bonds. The quantitative estimate of drug-likeness (QED) is 0.851. The smallest absolute Gasteiger partial charge is 0.135 e. The second-order valence-corrected chi connectivity index (χ2v) is 5.85. The highest BCUT2D eigenvalue weighted by Gasteiger charge is 2.20. The van der Waals surface area contributed by atoms with E-state index in [-0.39, 0.29) is 6.04 Å². The Labute approximate surface area is 120 Å². The fourth-order valence-corrected chi connectivity index (χ4v) is 2.69. The van der Waals surface area contributed by atoms with Crippen molar-refractivity contribution in [3.8, 4) is 0 Å². The molecule has 19 heavy (non-hydrogen) atoms. The maximum Gasteiger partial charge on any atom is 0.135 e. The lowest BCUT2D eigenvalue weighted by molar-refractivity contribution is 0.357. The molecule has 0 fully saturated rings. The van der Waals surface area contributed by atoms with Crippen molar-refractivity contribution in [1.82, 2.24) is 5.32 Å². The molecule has 1 heterocycles. The third kappa shape index (κ3) is 2.65. The average molecular weight is 280 g/mol. The largest absolute Gasteiger partial charge is 0.459 e. The van der Waals surface area contributed by atoms with Gasteiger partial charge in [-0.25, -0.2) is 0 Å². The Morgan fingerprint density at radius 1 is 1.26 bits per heavy atom. The molecule has 0 aliphatic carbocycles. The van der Waals surface area contributed by atoms with E-state index in [1.54, 1.807) is 0 Å². The number of rotatable bonds is 4. The van der Waals surface area contributed by atoms with E-state index in [4.69, 9.17) is 16.0 Å². The van der Waals surface area contributed by atoms with Gasteiger partial charge in [0.05, 0.1) is 6.04 Å². The van der Waals surface area contributed by atoms with Gasteiger partial charge in [-0.05, 0) is 49.6 Å². The molecule has 0 aliphatic rings. The lowest BCUT2D eigenvalue weighted by Gasteiger charge is -2.18. The zero-order valence-corrected chi connectivity index (χ0v) is 13.1. The number of benzene rings is 1. The Balaban J connectivity index is 2.54. The second kappa shape index (κ2) is 5.56. The third-order valence-corrected chi connectivity index (χ3v) is 4.19. The Morgan fingerprint density at radius 2 is 1.95 bits per heavy atom. The first-order valence-electron chi connectivity index (χ1n) is 6.88. The highest BCUT2D eigenvalue weighted by molar-refractivity contribution is 6.33. The molecule has 1 unspecified atom stereocenters.